The number of carbonyl (C=O) groups excluding carboxylic acids is 1. The summed E-state index contributed by atoms with van der Waals surface area (Å²) in [6, 6.07) is 4.05. The van der Waals surface area contributed by atoms with Crippen molar-refractivity contribution in [2.45, 2.75) is 25.3 Å². The molecule has 4 nitrogen and oxygen atoms in total. The number of benzene rings is 1. The van der Waals surface area contributed by atoms with Crippen LogP contribution in [0.15, 0.2) is 12.1 Å². The molecule has 1 aliphatic rings. The first-order valence-electron chi connectivity index (χ1n) is 6.22. The SMILES string of the molecule is COc1cc(C=O)cc(CC2CCCN2)c1OC. The van der Waals surface area contributed by atoms with E-state index >= 15 is 0 Å². The van der Waals surface area contributed by atoms with Crippen LogP contribution in [0, 0.1) is 0 Å². The van der Waals surface area contributed by atoms with Gasteiger partial charge in [-0.1, -0.05) is 0 Å². The van der Waals surface area contributed by atoms with Crippen LogP contribution in [0.25, 0.3) is 0 Å². The van der Waals surface area contributed by atoms with E-state index in [9.17, 15) is 4.79 Å². The summed E-state index contributed by atoms with van der Waals surface area (Å²) in [7, 11) is 3.22. The molecule has 0 bridgehead atoms. The van der Waals surface area contributed by atoms with Gasteiger partial charge in [0.2, 0.25) is 0 Å². The average molecular weight is 249 g/mol. The minimum Gasteiger partial charge on any atom is -0.493 e. The Morgan fingerprint density at radius 2 is 2.22 bits per heavy atom. The molecule has 0 radical (unpaired) electrons. The molecular formula is C14H19NO3. The van der Waals surface area contributed by atoms with Crippen LogP contribution in [0.1, 0.15) is 28.8 Å². The second-order valence-electron chi connectivity index (χ2n) is 4.53. The maximum absolute atomic E-state index is 11.0. The smallest absolute Gasteiger partial charge is 0.163 e. The van der Waals surface area contributed by atoms with Gasteiger partial charge in [0.25, 0.3) is 0 Å². The van der Waals surface area contributed by atoms with Crippen molar-refractivity contribution in [3.05, 3.63) is 23.3 Å². The molecule has 1 saturated heterocycles. The molecule has 1 aromatic rings. The van der Waals surface area contributed by atoms with E-state index in [1.165, 1.54) is 6.42 Å². The number of carbonyl (C=O) groups is 1. The normalized spacial score (nSPS) is 18.7. The molecule has 1 fully saturated rings. The van der Waals surface area contributed by atoms with Crippen molar-refractivity contribution in [1.82, 2.24) is 5.32 Å². The zero-order valence-electron chi connectivity index (χ0n) is 10.9. The number of nitrogens with one attached hydrogen (secondary N) is 1. The summed E-state index contributed by atoms with van der Waals surface area (Å²) < 4.78 is 10.7. The van der Waals surface area contributed by atoms with Crippen LogP contribution in [0.3, 0.4) is 0 Å². The van der Waals surface area contributed by atoms with Crippen molar-refractivity contribution in [2.24, 2.45) is 0 Å². The molecule has 1 aliphatic heterocycles. The lowest BCUT2D eigenvalue weighted by molar-refractivity contribution is 0.112. The second kappa shape index (κ2) is 5.87. The Kier molecular flexibility index (Phi) is 4.20. The molecule has 1 unspecified atom stereocenters. The van der Waals surface area contributed by atoms with Crippen LogP contribution in [0.4, 0.5) is 0 Å². The summed E-state index contributed by atoms with van der Waals surface area (Å²) >= 11 is 0. The average Bonchev–Trinajstić information content (AvgIpc) is 2.90. The molecule has 0 aliphatic carbocycles. The Labute approximate surface area is 107 Å². The molecule has 1 heterocycles. The topological polar surface area (TPSA) is 47.6 Å². The Bertz CT molecular complexity index is 425. The highest BCUT2D eigenvalue weighted by atomic mass is 16.5. The summed E-state index contributed by atoms with van der Waals surface area (Å²) in [6.45, 7) is 1.07. The van der Waals surface area contributed by atoms with E-state index in [1.54, 1.807) is 20.3 Å². The Morgan fingerprint density at radius 1 is 1.39 bits per heavy atom. The number of hydrogen-bond acceptors (Lipinski definition) is 4. The lowest BCUT2D eigenvalue weighted by Gasteiger charge is -2.16. The predicted octanol–water partition coefficient (Wildman–Crippen LogP) is 1.81. The number of ether oxygens (including phenoxy) is 2. The number of hydrogen-bond donors (Lipinski definition) is 1. The fourth-order valence-electron chi connectivity index (χ4n) is 2.48. The van der Waals surface area contributed by atoms with Gasteiger partial charge in [-0.05, 0) is 37.9 Å². The van der Waals surface area contributed by atoms with Gasteiger partial charge in [-0.15, -0.1) is 0 Å². The van der Waals surface area contributed by atoms with E-state index in [-0.39, 0.29) is 0 Å². The number of methoxy groups -OCH3 is 2. The van der Waals surface area contributed by atoms with Crippen molar-refractivity contribution >= 4 is 6.29 Å². The largest absolute Gasteiger partial charge is 0.493 e. The third-order valence-electron chi connectivity index (χ3n) is 3.34. The van der Waals surface area contributed by atoms with Crippen LogP contribution in [-0.2, 0) is 6.42 Å². The van der Waals surface area contributed by atoms with Crippen LogP contribution in [-0.4, -0.2) is 33.1 Å². The summed E-state index contributed by atoms with van der Waals surface area (Å²) in [5.74, 6) is 1.35. The van der Waals surface area contributed by atoms with E-state index in [2.05, 4.69) is 5.32 Å². The molecular weight excluding hydrogens is 230 g/mol. The number of aldehydes is 1. The van der Waals surface area contributed by atoms with Gasteiger partial charge in [0.1, 0.15) is 6.29 Å². The van der Waals surface area contributed by atoms with Gasteiger partial charge in [0.15, 0.2) is 11.5 Å². The van der Waals surface area contributed by atoms with Crippen LogP contribution in [0.2, 0.25) is 0 Å². The van der Waals surface area contributed by atoms with Crippen molar-refractivity contribution in [3.8, 4) is 11.5 Å². The van der Waals surface area contributed by atoms with Crippen molar-refractivity contribution in [2.75, 3.05) is 20.8 Å². The van der Waals surface area contributed by atoms with Gasteiger partial charge < -0.3 is 14.8 Å². The number of rotatable bonds is 5. The zero-order valence-corrected chi connectivity index (χ0v) is 10.9. The van der Waals surface area contributed by atoms with E-state index in [0.717, 1.165) is 37.0 Å². The first-order chi connectivity index (χ1) is 8.78. The second-order valence-corrected chi connectivity index (χ2v) is 4.53. The maximum atomic E-state index is 11.0. The molecule has 18 heavy (non-hydrogen) atoms. The highest BCUT2D eigenvalue weighted by Crippen LogP contribution is 2.33. The quantitative estimate of drug-likeness (QED) is 0.808. The Hall–Kier alpha value is -1.55. The van der Waals surface area contributed by atoms with Crippen molar-refractivity contribution in [1.29, 1.82) is 0 Å². The first-order valence-corrected chi connectivity index (χ1v) is 6.22. The predicted molar refractivity (Wildman–Crippen MR) is 69.7 cm³/mol. The lowest BCUT2D eigenvalue weighted by Crippen LogP contribution is -2.24. The van der Waals surface area contributed by atoms with Crippen LogP contribution >= 0.6 is 0 Å². The van der Waals surface area contributed by atoms with Crippen LogP contribution in [0.5, 0.6) is 11.5 Å². The minimum atomic E-state index is 0.463. The third-order valence-corrected chi connectivity index (χ3v) is 3.34. The van der Waals surface area contributed by atoms with Crippen molar-refractivity contribution in [3.63, 3.8) is 0 Å². The summed E-state index contributed by atoms with van der Waals surface area (Å²) in [5.41, 5.74) is 1.65. The van der Waals surface area contributed by atoms with Gasteiger partial charge in [0, 0.05) is 17.2 Å². The lowest BCUT2D eigenvalue weighted by atomic mass is 10.0. The summed E-state index contributed by atoms with van der Waals surface area (Å²) in [4.78, 5) is 11.0. The molecule has 0 amide bonds. The van der Waals surface area contributed by atoms with Gasteiger partial charge in [-0.25, -0.2) is 0 Å². The van der Waals surface area contributed by atoms with Gasteiger partial charge in [0.05, 0.1) is 14.2 Å². The molecule has 2 rings (SSSR count). The first kappa shape index (κ1) is 12.9. The molecule has 0 aromatic heterocycles. The highest BCUT2D eigenvalue weighted by molar-refractivity contribution is 5.77. The maximum Gasteiger partial charge on any atom is 0.163 e. The molecule has 1 N–H and O–H groups in total. The fourth-order valence-corrected chi connectivity index (χ4v) is 2.48. The monoisotopic (exact) mass is 249 g/mol. The molecule has 0 saturated carbocycles. The molecule has 0 spiro atoms. The molecule has 4 heteroatoms. The van der Waals surface area contributed by atoms with E-state index in [1.807, 2.05) is 6.07 Å². The molecule has 1 atom stereocenters. The highest BCUT2D eigenvalue weighted by Gasteiger charge is 2.19. The third kappa shape index (κ3) is 2.64. The summed E-state index contributed by atoms with van der Waals surface area (Å²) in [5, 5.41) is 3.45. The zero-order chi connectivity index (χ0) is 13.0. The van der Waals surface area contributed by atoms with E-state index < -0.39 is 0 Å². The van der Waals surface area contributed by atoms with Gasteiger partial charge in [-0.2, -0.15) is 0 Å². The van der Waals surface area contributed by atoms with Gasteiger partial charge in [-0.3, -0.25) is 4.79 Å². The molecule has 98 valence electrons. The van der Waals surface area contributed by atoms with Crippen molar-refractivity contribution < 1.29 is 14.3 Å². The Morgan fingerprint density at radius 3 is 2.78 bits per heavy atom. The molecule has 1 aromatic carbocycles. The van der Waals surface area contributed by atoms with Crippen LogP contribution < -0.4 is 14.8 Å². The summed E-state index contributed by atoms with van der Waals surface area (Å²) in [6.07, 6.45) is 4.07. The van der Waals surface area contributed by atoms with E-state index in [4.69, 9.17) is 9.47 Å². The fraction of sp³-hybridized carbons (Fsp3) is 0.500. The van der Waals surface area contributed by atoms with E-state index in [0.29, 0.717) is 17.4 Å². The minimum absolute atomic E-state index is 0.463. The van der Waals surface area contributed by atoms with Gasteiger partial charge >= 0.3 is 0 Å². The standard InChI is InChI=1S/C14H19NO3/c1-17-13-7-10(9-16)6-11(14(13)18-2)8-12-4-3-5-15-12/h6-7,9,12,15H,3-5,8H2,1-2H3. The Balaban J connectivity index is 2.32.